The normalized spacial score (nSPS) is 22.6. The fourth-order valence-corrected chi connectivity index (χ4v) is 6.02. The van der Waals surface area contributed by atoms with Gasteiger partial charge in [-0.3, -0.25) is 9.69 Å². The lowest BCUT2D eigenvalue weighted by atomic mass is 9.83. The fourth-order valence-electron chi connectivity index (χ4n) is 6.02. The Bertz CT molecular complexity index is 1290. The number of carboxylic acid groups (broad SMARTS) is 1. The first-order valence-corrected chi connectivity index (χ1v) is 12.1. The predicted octanol–water partition coefficient (Wildman–Crippen LogP) is 5.38. The molecule has 176 valence electrons. The van der Waals surface area contributed by atoms with Crippen molar-refractivity contribution in [2.75, 3.05) is 13.1 Å². The number of aromatic amines is 1. The minimum Gasteiger partial charge on any atom is -0.488 e. The van der Waals surface area contributed by atoms with Gasteiger partial charge in [0.25, 0.3) is 0 Å². The van der Waals surface area contributed by atoms with Crippen molar-refractivity contribution in [3.63, 3.8) is 0 Å². The summed E-state index contributed by atoms with van der Waals surface area (Å²) in [4.78, 5) is 21.7. The van der Waals surface area contributed by atoms with Crippen molar-refractivity contribution in [3.8, 4) is 16.9 Å². The molecule has 0 radical (unpaired) electrons. The van der Waals surface area contributed by atoms with Gasteiger partial charge in [0.05, 0.1) is 5.69 Å². The van der Waals surface area contributed by atoms with Crippen LogP contribution in [-0.4, -0.2) is 45.1 Å². The summed E-state index contributed by atoms with van der Waals surface area (Å²) in [6, 6.07) is 7.15. The topological polar surface area (TPSA) is 78.5 Å². The summed E-state index contributed by atoms with van der Waals surface area (Å²) in [5.41, 5.74) is 5.96. The van der Waals surface area contributed by atoms with E-state index in [1.165, 1.54) is 17.7 Å². The number of nitrogens with zero attached hydrogens (tertiary/aromatic N) is 2. The Balaban J connectivity index is 1.25. The molecule has 7 heteroatoms. The van der Waals surface area contributed by atoms with E-state index in [9.17, 15) is 9.18 Å². The van der Waals surface area contributed by atoms with E-state index in [4.69, 9.17) is 9.84 Å². The lowest BCUT2D eigenvalue weighted by Gasteiger charge is -2.38. The molecule has 0 amide bonds. The monoisotopic (exact) mass is 461 g/mol. The predicted molar refractivity (Wildman–Crippen MR) is 128 cm³/mol. The van der Waals surface area contributed by atoms with Crippen LogP contribution in [0, 0.1) is 11.7 Å². The van der Waals surface area contributed by atoms with Gasteiger partial charge in [-0.05, 0) is 73.4 Å². The number of nitrogens with one attached hydrogen (secondary N) is 1. The van der Waals surface area contributed by atoms with E-state index in [1.54, 1.807) is 12.3 Å². The molecule has 3 aromatic rings. The Hall–Kier alpha value is -3.19. The van der Waals surface area contributed by atoms with Crippen LogP contribution in [0.1, 0.15) is 49.8 Å². The number of hydrogen-bond donors (Lipinski definition) is 2. The molecule has 2 aliphatic heterocycles. The van der Waals surface area contributed by atoms with Crippen LogP contribution in [-0.2, 0) is 11.4 Å². The molecule has 2 aromatic heterocycles. The molecule has 34 heavy (non-hydrogen) atoms. The first-order chi connectivity index (χ1) is 16.6. The van der Waals surface area contributed by atoms with Crippen LogP contribution in [0.25, 0.3) is 27.7 Å². The number of pyridine rings is 1. The standard InChI is InChI=1S/C27H28FN3O3/c28-18-3-6-23-21(14-18)20-7-10-29-27-25(20)22(15-34-23)26(30-27)17-8-11-31(12-9-17)19-4-1-16(2-5-19)13-24(32)33/h3,6-8,10,14,16,19H,1-2,4-5,9,11-13,15H2,(H,29,30)(H,32,33). The van der Waals surface area contributed by atoms with Crippen LogP contribution in [0.2, 0.25) is 0 Å². The van der Waals surface area contributed by atoms with Gasteiger partial charge in [-0.25, -0.2) is 9.37 Å². The van der Waals surface area contributed by atoms with Crippen molar-refractivity contribution < 1.29 is 19.0 Å². The molecule has 1 aromatic carbocycles. The molecular formula is C27H28FN3O3. The van der Waals surface area contributed by atoms with Gasteiger partial charge >= 0.3 is 5.97 Å². The number of hydrogen-bond acceptors (Lipinski definition) is 4. The van der Waals surface area contributed by atoms with Crippen LogP contribution in [0.4, 0.5) is 4.39 Å². The Morgan fingerprint density at radius 3 is 2.82 bits per heavy atom. The third kappa shape index (κ3) is 3.78. The lowest BCUT2D eigenvalue weighted by molar-refractivity contribution is -0.138. The number of aromatic nitrogens is 2. The minimum atomic E-state index is -0.679. The van der Waals surface area contributed by atoms with Crippen LogP contribution in [0.15, 0.2) is 36.5 Å². The summed E-state index contributed by atoms with van der Waals surface area (Å²) >= 11 is 0. The maximum absolute atomic E-state index is 14.0. The zero-order chi connectivity index (χ0) is 23.2. The zero-order valence-corrected chi connectivity index (χ0v) is 19.0. The number of H-pyrrole nitrogens is 1. The molecule has 6 nitrogen and oxygen atoms in total. The molecule has 0 saturated heterocycles. The van der Waals surface area contributed by atoms with Gasteiger partial charge in [0.2, 0.25) is 0 Å². The highest BCUT2D eigenvalue weighted by molar-refractivity contribution is 6.00. The molecule has 0 spiro atoms. The summed E-state index contributed by atoms with van der Waals surface area (Å²) in [6.07, 6.45) is 9.47. The highest BCUT2D eigenvalue weighted by Gasteiger charge is 2.30. The van der Waals surface area contributed by atoms with Crippen LogP contribution in [0.5, 0.6) is 5.75 Å². The molecule has 0 unspecified atom stereocenters. The summed E-state index contributed by atoms with van der Waals surface area (Å²) in [5, 5.41) is 10.1. The average molecular weight is 462 g/mol. The van der Waals surface area contributed by atoms with E-state index in [2.05, 4.69) is 20.9 Å². The average Bonchev–Trinajstić information content (AvgIpc) is 3.13. The van der Waals surface area contributed by atoms with Gasteiger partial charge in [0.1, 0.15) is 23.8 Å². The third-order valence-electron chi connectivity index (χ3n) is 7.76. The van der Waals surface area contributed by atoms with Crippen molar-refractivity contribution in [2.45, 2.75) is 51.2 Å². The van der Waals surface area contributed by atoms with E-state index >= 15 is 0 Å². The quantitative estimate of drug-likeness (QED) is 0.545. The van der Waals surface area contributed by atoms with Gasteiger partial charge in [-0.15, -0.1) is 0 Å². The summed E-state index contributed by atoms with van der Waals surface area (Å²) in [5.74, 6) is 0.0613. The van der Waals surface area contributed by atoms with Crippen LogP contribution < -0.4 is 4.74 Å². The SMILES string of the molecule is O=C(O)CC1CCC(N2CC=C(c3[nH]c4nccc5c4c3COc3ccc(F)cc3-5)CC2)CC1. The number of ether oxygens (including phenoxy) is 1. The van der Waals surface area contributed by atoms with Gasteiger partial charge in [-0.1, -0.05) is 6.08 Å². The summed E-state index contributed by atoms with van der Waals surface area (Å²) < 4.78 is 20.2. The van der Waals surface area contributed by atoms with Gasteiger partial charge in [0, 0.05) is 48.3 Å². The number of fused-ring (bicyclic) bond motifs is 2. The van der Waals surface area contributed by atoms with Gasteiger partial charge < -0.3 is 14.8 Å². The number of benzene rings is 1. The molecule has 1 aliphatic carbocycles. The number of aliphatic carboxylic acids is 1. The number of carboxylic acids is 1. The molecule has 1 fully saturated rings. The Morgan fingerprint density at radius 2 is 2.06 bits per heavy atom. The van der Waals surface area contributed by atoms with E-state index in [-0.39, 0.29) is 5.82 Å². The van der Waals surface area contributed by atoms with Crippen LogP contribution in [0.3, 0.4) is 0 Å². The van der Waals surface area contributed by atoms with E-state index in [1.807, 2.05) is 6.07 Å². The molecule has 6 rings (SSSR count). The van der Waals surface area contributed by atoms with Crippen molar-refractivity contribution in [1.82, 2.24) is 14.9 Å². The van der Waals surface area contributed by atoms with Crippen molar-refractivity contribution >= 4 is 22.6 Å². The molecule has 0 bridgehead atoms. The Kier molecular flexibility index (Phi) is 5.37. The largest absolute Gasteiger partial charge is 0.488 e. The molecule has 0 atom stereocenters. The second-order valence-electron chi connectivity index (χ2n) is 9.74. The maximum Gasteiger partial charge on any atom is 0.303 e. The Morgan fingerprint density at radius 1 is 1.21 bits per heavy atom. The second kappa shape index (κ2) is 8.55. The minimum absolute atomic E-state index is 0.279. The van der Waals surface area contributed by atoms with Gasteiger partial charge in [0.15, 0.2) is 0 Å². The van der Waals surface area contributed by atoms with Crippen molar-refractivity contribution in [2.24, 2.45) is 5.92 Å². The third-order valence-corrected chi connectivity index (χ3v) is 7.76. The van der Waals surface area contributed by atoms with Crippen LogP contribution >= 0.6 is 0 Å². The zero-order valence-electron chi connectivity index (χ0n) is 19.0. The lowest BCUT2D eigenvalue weighted by Crippen LogP contribution is -2.40. The molecule has 3 aliphatic rings. The van der Waals surface area contributed by atoms with E-state index in [0.717, 1.165) is 78.6 Å². The highest BCUT2D eigenvalue weighted by atomic mass is 19.1. The smallest absolute Gasteiger partial charge is 0.303 e. The van der Waals surface area contributed by atoms with Crippen molar-refractivity contribution in [1.29, 1.82) is 0 Å². The number of rotatable bonds is 4. The van der Waals surface area contributed by atoms with Gasteiger partial charge in [-0.2, -0.15) is 0 Å². The number of halogens is 1. The van der Waals surface area contributed by atoms with E-state index < -0.39 is 5.97 Å². The highest BCUT2D eigenvalue weighted by Crippen LogP contribution is 2.43. The Labute approximate surface area is 197 Å². The molecule has 4 heterocycles. The fraction of sp³-hybridized carbons (Fsp3) is 0.407. The van der Waals surface area contributed by atoms with Crippen molar-refractivity contribution in [3.05, 3.63) is 53.6 Å². The summed E-state index contributed by atoms with van der Waals surface area (Å²) in [6.45, 7) is 2.30. The molecule has 2 N–H and O–H groups in total. The maximum atomic E-state index is 14.0. The number of carbonyl (C=O) groups is 1. The molecular weight excluding hydrogens is 433 g/mol. The first-order valence-electron chi connectivity index (χ1n) is 12.1. The van der Waals surface area contributed by atoms with E-state index in [0.29, 0.717) is 30.7 Å². The first kappa shape index (κ1) is 21.4. The summed E-state index contributed by atoms with van der Waals surface area (Å²) in [7, 11) is 0. The molecule has 1 saturated carbocycles. The second-order valence-corrected chi connectivity index (χ2v) is 9.74.